The monoisotopic (exact) mass is 290 g/mol. The second kappa shape index (κ2) is 5.84. The Labute approximate surface area is 125 Å². The van der Waals surface area contributed by atoms with Gasteiger partial charge in [-0.2, -0.15) is 0 Å². The Morgan fingerprint density at radius 3 is 2.52 bits per heavy atom. The molecule has 1 aromatic heterocycles. The summed E-state index contributed by atoms with van der Waals surface area (Å²) in [5.74, 6) is -1.25. The summed E-state index contributed by atoms with van der Waals surface area (Å²) in [5.41, 5.74) is 0.641. The van der Waals surface area contributed by atoms with Gasteiger partial charge in [0.1, 0.15) is 5.69 Å². The van der Waals surface area contributed by atoms with Gasteiger partial charge >= 0.3 is 5.97 Å². The fourth-order valence-corrected chi connectivity index (χ4v) is 2.82. The molecule has 0 aliphatic heterocycles. The van der Waals surface area contributed by atoms with Crippen molar-refractivity contribution >= 4 is 11.9 Å². The van der Waals surface area contributed by atoms with Crippen molar-refractivity contribution in [1.29, 1.82) is 0 Å². The summed E-state index contributed by atoms with van der Waals surface area (Å²) in [6, 6.07) is 3.14. The summed E-state index contributed by atoms with van der Waals surface area (Å²) in [6.45, 7) is 4.51. The minimum Gasteiger partial charge on any atom is -0.477 e. The lowest BCUT2D eigenvalue weighted by Crippen LogP contribution is -2.40. The molecule has 5 heteroatoms. The van der Waals surface area contributed by atoms with Crippen molar-refractivity contribution in [2.45, 2.75) is 45.6 Å². The fraction of sp³-hybridized carbons (Fsp3) is 0.562. The molecule has 1 amide bonds. The Bertz CT molecular complexity index is 544. The zero-order valence-corrected chi connectivity index (χ0v) is 12.8. The van der Waals surface area contributed by atoms with E-state index in [1.165, 1.54) is 12.3 Å². The smallest absolute Gasteiger partial charge is 0.354 e. The van der Waals surface area contributed by atoms with Crippen LogP contribution in [0.25, 0.3) is 0 Å². The lowest BCUT2D eigenvalue weighted by Gasteiger charge is -2.38. The number of pyridine rings is 1. The highest BCUT2D eigenvalue weighted by Crippen LogP contribution is 2.36. The second-order valence-electron chi connectivity index (χ2n) is 6.55. The van der Waals surface area contributed by atoms with Crippen LogP contribution in [0.3, 0.4) is 0 Å². The number of rotatable bonds is 3. The van der Waals surface area contributed by atoms with Crippen LogP contribution in [0.2, 0.25) is 0 Å². The quantitative estimate of drug-likeness (QED) is 0.929. The standard InChI is InChI=1S/C16H22N2O3/c1-16(2)7-4-12(5-8-16)18(3)14(19)11-6-9-17-13(10-11)15(20)21/h6,9-10,12H,4-5,7-8H2,1-3H3,(H,20,21). The van der Waals surface area contributed by atoms with Gasteiger partial charge in [0.2, 0.25) is 0 Å². The first kappa shape index (κ1) is 15.5. The molecular weight excluding hydrogens is 268 g/mol. The van der Waals surface area contributed by atoms with Crippen LogP contribution in [-0.4, -0.2) is 40.0 Å². The molecule has 114 valence electrons. The Morgan fingerprint density at radius 2 is 1.95 bits per heavy atom. The normalized spacial score (nSPS) is 18.2. The molecule has 0 atom stereocenters. The molecule has 0 radical (unpaired) electrons. The Kier molecular flexibility index (Phi) is 4.30. The molecule has 0 spiro atoms. The van der Waals surface area contributed by atoms with Crippen LogP contribution in [0.5, 0.6) is 0 Å². The molecule has 1 heterocycles. The predicted molar refractivity (Wildman–Crippen MR) is 79.3 cm³/mol. The maximum Gasteiger partial charge on any atom is 0.354 e. The minimum absolute atomic E-state index is 0.0981. The van der Waals surface area contributed by atoms with Crippen molar-refractivity contribution in [3.05, 3.63) is 29.6 Å². The van der Waals surface area contributed by atoms with Crippen molar-refractivity contribution in [2.75, 3.05) is 7.05 Å². The number of nitrogens with zero attached hydrogens (tertiary/aromatic N) is 2. The van der Waals surface area contributed by atoms with Crippen LogP contribution in [0.15, 0.2) is 18.3 Å². The molecule has 0 saturated heterocycles. The molecule has 0 unspecified atom stereocenters. The molecule has 0 aromatic carbocycles. The first-order valence-corrected chi connectivity index (χ1v) is 7.27. The lowest BCUT2D eigenvalue weighted by atomic mass is 9.75. The van der Waals surface area contributed by atoms with E-state index in [1.54, 1.807) is 18.0 Å². The van der Waals surface area contributed by atoms with Gasteiger partial charge in [-0.15, -0.1) is 0 Å². The van der Waals surface area contributed by atoms with E-state index in [2.05, 4.69) is 18.8 Å². The van der Waals surface area contributed by atoms with E-state index in [9.17, 15) is 9.59 Å². The van der Waals surface area contributed by atoms with Gasteiger partial charge in [0.25, 0.3) is 5.91 Å². The zero-order valence-electron chi connectivity index (χ0n) is 12.8. The number of carbonyl (C=O) groups is 2. The van der Waals surface area contributed by atoms with Crippen molar-refractivity contribution < 1.29 is 14.7 Å². The fourth-order valence-electron chi connectivity index (χ4n) is 2.82. The first-order valence-electron chi connectivity index (χ1n) is 7.27. The molecular formula is C16H22N2O3. The molecule has 0 bridgehead atoms. The zero-order chi connectivity index (χ0) is 15.6. The number of carbonyl (C=O) groups excluding carboxylic acids is 1. The van der Waals surface area contributed by atoms with Gasteiger partial charge in [-0.05, 0) is 43.2 Å². The summed E-state index contributed by atoms with van der Waals surface area (Å²) in [5, 5.41) is 8.95. The largest absolute Gasteiger partial charge is 0.477 e. The van der Waals surface area contributed by atoms with Gasteiger partial charge in [0, 0.05) is 24.8 Å². The average Bonchev–Trinajstić information content (AvgIpc) is 2.46. The van der Waals surface area contributed by atoms with Gasteiger partial charge in [-0.1, -0.05) is 13.8 Å². The Balaban J connectivity index is 2.09. The summed E-state index contributed by atoms with van der Waals surface area (Å²) >= 11 is 0. The van der Waals surface area contributed by atoms with E-state index in [1.807, 2.05) is 0 Å². The van der Waals surface area contributed by atoms with Gasteiger partial charge in [0.15, 0.2) is 0 Å². The molecule has 1 N–H and O–H groups in total. The maximum absolute atomic E-state index is 12.5. The van der Waals surface area contributed by atoms with E-state index in [0.29, 0.717) is 11.0 Å². The number of aromatic carboxylic acids is 1. The van der Waals surface area contributed by atoms with E-state index in [-0.39, 0.29) is 17.6 Å². The first-order chi connectivity index (χ1) is 9.80. The van der Waals surface area contributed by atoms with Gasteiger partial charge < -0.3 is 10.0 Å². The van der Waals surface area contributed by atoms with Crippen LogP contribution >= 0.6 is 0 Å². The van der Waals surface area contributed by atoms with E-state index < -0.39 is 5.97 Å². The topological polar surface area (TPSA) is 70.5 Å². The van der Waals surface area contributed by atoms with Crippen LogP contribution in [0.4, 0.5) is 0 Å². The highest BCUT2D eigenvalue weighted by molar-refractivity contribution is 5.96. The molecule has 1 aliphatic carbocycles. The second-order valence-corrected chi connectivity index (χ2v) is 6.55. The number of carboxylic acids is 1. The van der Waals surface area contributed by atoms with Crippen molar-refractivity contribution in [3.63, 3.8) is 0 Å². The third-order valence-corrected chi connectivity index (χ3v) is 4.40. The van der Waals surface area contributed by atoms with E-state index in [0.717, 1.165) is 25.7 Å². The number of aromatic nitrogens is 1. The number of hydrogen-bond acceptors (Lipinski definition) is 3. The molecule has 5 nitrogen and oxygen atoms in total. The molecule has 1 fully saturated rings. The van der Waals surface area contributed by atoms with Crippen LogP contribution in [-0.2, 0) is 0 Å². The van der Waals surface area contributed by atoms with Crippen LogP contribution in [0.1, 0.15) is 60.4 Å². The molecule has 1 aromatic rings. The van der Waals surface area contributed by atoms with Gasteiger partial charge in [-0.3, -0.25) is 4.79 Å². The van der Waals surface area contributed by atoms with Crippen molar-refractivity contribution in [3.8, 4) is 0 Å². The molecule has 2 rings (SSSR count). The molecule has 21 heavy (non-hydrogen) atoms. The van der Waals surface area contributed by atoms with E-state index >= 15 is 0 Å². The Morgan fingerprint density at radius 1 is 1.33 bits per heavy atom. The van der Waals surface area contributed by atoms with Gasteiger partial charge in [-0.25, -0.2) is 9.78 Å². The lowest BCUT2D eigenvalue weighted by molar-refractivity contribution is 0.0635. The summed E-state index contributed by atoms with van der Waals surface area (Å²) in [4.78, 5) is 28.9. The average molecular weight is 290 g/mol. The van der Waals surface area contributed by atoms with Crippen LogP contribution < -0.4 is 0 Å². The number of amides is 1. The summed E-state index contributed by atoms with van der Waals surface area (Å²) in [7, 11) is 1.80. The number of hydrogen-bond donors (Lipinski definition) is 1. The van der Waals surface area contributed by atoms with E-state index in [4.69, 9.17) is 5.11 Å². The summed E-state index contributed by atoms with van der Waals surface area (Å²) < 4.78 is 0. The third-order valence-electron chi connectivity index (χ3n) is 4.40. The predicted octanol–water partition coefficient (Wildman–Crippen LogP) is 2.82. The summed E-state index contributed by atoms with van der Waals surface area (Å²) in [6.07, 6.45) is 5.56. The SMILES string of the molecule is CN(C(=O)c1ccnc(C(=O)O)c1)C1CCC(C)(C)CC1. The molecule has 1 saturated carbocycles. The molecule has 1 aliphatic rings. The minimum atomic E-state index is -1.12. The highest BCUT2D eigenvalue weighted by atomic mass is 16.4. The Hall–Kier alpha value is -1.91. The highest BCUT2D eigenvalue weighted by Gasteiger charge is 2.31. The van der Waals surface area contributed by atoms with Crippen molar-refractivity contribution in [2.24, 2.45) is 5.41 Å². The number of carboxylic acid groups (broad SMARTS) is 1. The van der Waals surface area contributed by atoms with Gasteiger partial charge in [0.05, 0.1) is 0 Å². The van der Waals surface area contributed by atoms with Crippen molar-refractivity contribution in [1.82, 2.24) is 9.88 Å². The van der Waals surface area contributed by atoms with Crippen LogP contribution in [0, 0.1) is 5.41 Å². The third kappa shape index (κ3) is 3.60. The maximum atomic E-state index is 12.5.